The number of hydrogen-bond acceptors (Lipinski definition) is 3. The molecule has 24 heavy (non-hydrogen) atoms. The van der Waals surface area contributed by atoms with E-state index in [0.717, 1.165) is 17.7 Å². The van der Waals surface area contributed by atoms with Gasteiger partial charge in [0.2, 0.25) is 0 Å². The van der Waals surface area contributed by atoms with Crippen LogP contribution in [0.2, 0.25) is 0 Å². The van der Waals surface area contributed by atoms with E-state index in [1.54, 1.807) is 12.1 Å². The second-order valence-electron chi connectivity index (χ2n) is 4.93. The van der Waals surface area contributed by atoms with Crippen molar-refractivity contribution in [2.75, 3.05) is 10.6 Å². The Balaban J connectivity index is 2.23. The molecule has 0 fully saturated rings. The zero-order valence-corrected chi connectivity index (χ0v) is 13.2. The molecule has 0 amide bonds. The number of nitro groups is 1. The van der Waals surface area contributed by atoms with Crippen LogP contribution in [0.1, 0.15) is 11.1 Å². The highest BCUT2D eigenvalue weighted by molar-refractivity contribution is 7.80. The number of thiocarbonyl (C=S) groups is 1. The maximum Gasteiger partial charge on any atom is 0.418 e. The Kier molecular flexibility index (Phi) is 5.03. The summed E-state index contributed by atoms with van der Waals surface area (Å²) in [6.45, 7) is 1.90. The van der Waals surface area contributed by atoms with Crippen molar-refractivity contribution in [3.8, 4) is 0 Å². The summed E-state index contributed by atoms with van der Waals surface area (Å²) in [6.07, 6.45) is -4.76. The number of nitrogens with zero attached hydrogens (tertiary/aromatic N) is 1. The van der Waals surface area contributed by atoms with Crippen LogP contribution in [0.4, 0.5) is 30.2 Å². The monoisotopic (exact) mass is 355 g/mol. The summed E-state index contributed by atoms with van der Waals surface area (Å²) in [4.78, 5) is 9.77. The van der Waals surface area contributed by atoms with E-state index < -0.39 is 22.4 Å². The highest BCUT2D eigenvalue weighted by atomic mass is 32.1. The first-order chi connectivity index (χ1) is 11.2. The first-order valence-corrected chi connectivity index (χ1v) is 7.08. The van der Waals surface area contributed by atoms with Gasteiger partial charge in [-0.1, -0.05) is 17.7 Å². The molecule has 2 N–H and O–H groups in total. The Morgan fingerprint density at radius 2 is 1.75 bits per heavy atom. The molecule has 0 saturated heterocycles. The fraction of sp³-hybridized carbons (Fsp3) is 0.133. The smallest absolute Gasteiger partial charge is 0.332 e. The van der Waals surface area contributed by atoms with Crippen LogP contribution in [-0.4, -0.2) is 10.0 Å². The maximum atomic E-state index is 13.1. The summed E-state index contributed by atoms with van der Waals surface area (Å²) < 4.78 is 39.3. The summed E-state index contributed by atoms with van der Waals surface area (Å²) in [7, 11) is 0. The minimum Gasteiger partial charge on any atom is -0.332 e. The quantitative estimate of drug-likeness (QED) is 0.473. The fourth-order valence-corrected chi connectivity index (χ4v) is 2.14. The minimum atomic E-state index is -4.76. The molecule has 0 aromatic heterocycles. The number of alkyl halides is 3. The van der Waals surface area contributed by atoms with Gasteiger partial charge in [0.15, 0.2) is 5.11 Å². The second kappa shape index (κ2) is 6.83. The van der Waals surface area contributed by atoms with Gasteiger partial charge in [-0.05, 0) is 37.3 Å². The molecular formula is C15H12F3N3O2S. The van der Waals surface area contributed by atoms with Crippen LogP contribution < -0.4 is 10.6 Å². The van der Waals surface area contributed by atoms with Crippen LogP contribution in [0.25, 0.3) is 0 Å². The molecule has 0 spiro atoms. The van der Waals surface area contributed by atoms with Crippen molar-refractivity contribution in [3.05, 3.63) is 63.7 Å². The number of nitro benzene ring substituents is 1. The van der Waals surface area contributed by atoms with E-state index in [1.165, 1.54) is 0 Å². The van der Waals surface area contributed by atoms with Crippen LogP contribution in [0.5, 0.6) is 0 Å². The van der Waals surface area contributed by atoms with Crippen molar-refractivity contribution in [1.29, 1.82) is 0 Å². The lowest BCUT2D eigenvalue weighted by Crippen LogP contribution is -2.21. The Morgan fingerprint density at radius 3 is 2.29 bits per heavy atom. The number of halogens is 3. The minimum absolute atomic E-state index is 0.0572. The van der Waals surface area contributed by atoms with E-state index in [4.69, 9.17) is 12.2 Å². The van der Waals surface area contributed by atoms with Crippen molar-refractivity contribution in [3.63, 3.8) is 0 Å². The SMILES string of the molecule is Cc1ccc(NC(=S)Nc2ccc([N+](=O)[O-])cc2C(F)(F)F)cc1. The van der Waals surface area contributed by atoms with E-state index in [-0.39, 0.29) is 10.8 Å². The standard InChI is InChI=1S/C15H12F3N3O2S/c1-9-2-4-10(5-3-9)19-14(24)20-13-7-6-11(21(22)23)8-12(13)15(16,17)18/h2-8H,1H3,(H2,19,20,24). The molecule has 0 aliphatic carbocycles. The molecule has 0 bridgehead atoms. The van der Waals surface area contributed by atoms with Gasteiger partial charge in [0.1, 0.15) is 0 Å². The number of anilines is 2. The van der Waals surface area contributed by atoms with E-state index in [1.807, 2.05) is 19.1 Å². The van der Waals surface area contributed by atoms with E-state index in [2.05, 4.69) is 10.6 Å². The molecule has 0 aliphatic heterocycles. The van der Waals surface area contributed by atoms with Crippen LogP contribution >= 0.6 is 12.2 Å². The molecule has 0 radical (unpaired) electrons. The third-order valence-electron chi connectivity index (χ3n) is 3.08. The fourth-order valence-electron chi connectivity index (χ4n) is 1.91. The lowest BCUT2D eigenvalue weighted by atomic mass is 10.1. The third kappa shape index (κ3) is 4.42. The number of rotatable bonds is 3. The van der Waals surface area contributed by atoms with Gasteiger partial charge < -0.3 is 10.6 Å². The molecular weight excluding hydrogens is 343 g/mol. The molecule has 2 rings (SSSR count). The highest BCUT2D eigenvalue weighted by Gasteiger charge is 2.35. The topological polar surface area (TPSA) is 67.2 Å². The van der Waals surface area contributed by atoms with Crippen LogP contribution in [0.15, 0.2) is 42.5 Å². The molecule has 126 valence electrons. The molecule has 5 nitrogen and oxygen atoms in total. The zero-order valence-electron chi connectivity index (χ0n) is 12.3. The number of aryl methyl sites for hydroxylation is 1. The lowest BCUT2D eigenvalue weighted by Gasteiger charge is -2.16. The molecule has 0 aliphatic rings. The van der Waals surface area contributed by atoms with Crippen molar-refractivity contribution in [2.45, 2.75) is 13.1 Å². The first kappa shape index (κ1) is 17.7. The summed E-state index contributed by atoms with van der Waals surface area (Å²) in [5.74, 6) is 0. The number of benzene rings is 2. The van der Waals surface area contributed by atoms with E-state index in [9.17, 15) is 23.3 Å². The van der Waals surface area contributed by atoms with Crippen molar-refractivity contribution in [1.82, 2.24) is 0 Å². The molecule has 9 heteroatoms. The number of non-ortho nitro benzene ring substituents is 1. The van der Waals surface area contributed by atoms with E-state index in [0.29, 0.717) is 11.8 Å². The Labute approximate surface area is 140 Å². The van der Waals surface area contributed by atoms with Crippen molar-refractivity contribution >= 4 is 34.4 Å². The van der Waals surface area contributed by atoms with Gasteiger partial charge in [0.25, 0.3) is 5.69 Å². The van der Waals surface area contributed by atoms with Gasteiger partial charge in [-0.25, -0.2) is 0 Å². The average Bonchev–Trinajstić information content (AvgIpc) is 2.48. The molecule has 2 aromatic carbocycles. The summed E-state index contributed by atoms with van der Waals surface area (Å²) in [6, 6.07) is 9.51. The van der Waals surface area contributed by atoms with Crippen molar-refractivity contribution < 1.29 is 18.1 Å². The van der Waals surface area contributed by atoms with Crippen LogP contribution in [0, 0.1) is 17.0 Å². The van der Waals surface area contributed by atoms with Crippen LogP contribution in [-0.2, 0) is 6.18 Å². The first-order valence-electron chi connectivity index (χ1n) is 6.67. The summed E-state index contributed by atoms with van der Waals surface area (Å²) >= 11 is 4.99. The number of hydrogen-bond donors (Lipinski definition) is 2. The van der Waals surface area contributed by atoms with Gasteiger partial charge in [0.05, 0.1) is 16.2 Å². The largest absolute Gasteiger partial charge is 0.418 e. The van der Waals surface area contributed by atoms with Gasteiger partial charge in [-0.2, -0.15) is 13.2 Å². The van der Waals surface area contributed by atoms with Gasteiger partial charge >= 0.3 is 6.18 Å². The highest BCUT2D eigenvalue weighted by Crippen LogP contribution is 2.37. The number of nitrogens with one attached hydrogen (secondary N) is 2. The molecule has 0 heterocycles. The molecule has 0 unspecified atom stereocenters. The molecule has 0 saturated carbocycles. The normalized spacial score (nSPS) is 11.0. The summed E-state index contributed by atoms with van der Waals surface area (Å²) in [5, 5.41) is 15.8. The maximum absolute atomic E-state index is 13.1. The van der Waals surface area contributed by atoms with E-state index >= 15 is 0 Å². The Hall–Kier alpha value is -2.68. The average molecular weight is 355 g/mol. The van der Waals surface area contributed by atoms with Crippen molar-refractivity contribution in [2.24, 2.45) is 0 Å². The summed E-state index contributed by atoms with van der Waals surface area (Å²) in [5.41, 5.74) is -0.546. The van der Waals surface area contributed by atoms with Gasteiger partial charge in [-0.3, -0.25) is 10.1 Å². The molecule has 0 atom stereocenters. The Bertz CT molecular complexity index is 777. The van der Waals surface area contributed by atoms with Gasteiger partial charge in [-0.15, -0.1) is 0 Å². The van der Waals surface area contributed by atoms with Crippen LogP contribution in [0.3, 0.4) is 0 Å². The van der Waals surface area contributed by atoms with Gasteiger partial charge in [0, 0.05) is 17.8 Å². The Morgan fingerprint density at radius 1 is 1.12 bits per heavy atom. The predicted octanol–water partition coefficient (Wildman–Crippen LogP) is 4.73. The molecule has 2 aromatic rings. The predicted molar refractivity (Wildman–Crippen MR) is 89.1 cm³/mol. The second-order valence-corrected chi connectivity index (χ2v) is 5.34. The zero-order chi connectivity index (χ0) is 17.9. The lowest BCUT2D eigenvalue weighted by molar-refractivity contribution is -0.385. The third-order valence-corrected chi connectivity index (χ3v) is 3.28.